The lowest BCUT2D eigenvalue weighted by molar-refractivity contribution is -0.138. The van der Waals surface area contributed by atoms with Crippen LogP contribution < -0.4 is 15.5 Å². The number of benzodiazepines with no additional fused rings is 1. The number of carbonyl (C=O) groups is 3. The van der Waals surface area contributed by atoms with Crippen molar-refractivity contribution in [3.05, 3.63) is 59.9 Å². The Bertz CT molecular complexity index is 1290. The molecule has 1 saturated carbocycles. The number of benzene rings is 1. The molecule has 2 heterocycles. The van der Waals surface area contributed by atoms with Crippen LogP contribution in [0.5, 0.6) is 0 Å². The van der Waals surface area contributed by atoms with Crippen molar-refractivity contribution >= 4 is 29.1 Å². The molecule has 1 aromatic heterocycles. The highest BCUT2D eigenvalue weighted by Gasteiger charge is 2.50. The van der Waals surface area contributed by atoms with E-state index in [-0.39, 0.29) is 24.3 Å². The quantitative estimate of drug-likeness (QED) is 0.264. The Labute approximate surface area is 257 Å². The SMILES string of the molecule is CCCCC1=NC(CCCC)(NC(=O)C2(NC(=O)CCC(C)C)CCCC2)C(=O)N(Cc2ccccn2)c2ccccc21. The first-order valence-corrected chi connectivity index (χ1v) is 16.3. The molecule has 1 unspecified atom stereocenters. The zero-order valence-corrected chi connectivity index (χ0v) is 26.5. The second-order valence-electron chi connectivity index (χ2n) is 12.6. The second-order valence-corrected chi connectivity index (χ2v) is 12.6. The number of aromatic nitrogens is 1. The van der Waals surface area contributed by atoms with E-state index in [1.165, 1.54) is 0 Å². The van der Waals surface area contributed by atoms with E-state index in [0.29, 0.717) is 44.4 Å². The fourth-order valence-corrected chi connectivity index (χ4v) is 6.15. The lowest BCUT2D eigenvalue weighted by Gasteiger charge is -2.37. The van der Waals surface area contributed by atoms with Crippen molar-refractivity contribution in [3.8, 4) is 0 Å². The smallest absolute Gasteiger partial charge is 0.275 e. The van der Waals surface area contributed by atoms with E-state index in [2.05, 4.69) is 43.3 Å². The van der Waals surface area contributed by atoms with Crippen LogP contribution in [0.2, 0.25) is 0 Å². The highest BCUT2D eigenvalue weighted by Crippen LogP contribution is 2.36. The lowest BCUT2D eigenvalue weighted by Crippen LogP contribution is -2.65. The minimum atomic E-state index is -1.50. The molecule has 1 atom stereocenters. The van der Waals surface area contributed by atoms with Crippen molar-refractivity contribution in [2.45, 2.75) is 122 Å². The number of pyridine rings is 1. The summed E-state index contributed by atoms with van der Waals surface area (Å²) in [5.74, 6) is -0.299. The maximum absolute atomic E-state index is 14.9. The van der Waals surface area contributed by atoms with Gasteiger partial charge in [-0.2, -0.15) is 0 Å². The summed E-state index contributed by atoms with van der Waals surface area (Å²) >= 11 is 0. The van der Waals surface area contributed by atoms with Crippen LogP contribution in [0, 0.1) is 5.92 Å². The number of amides is 3. The Kier molecular flexibility index (Phi) is 11.1. The van der Waals surface area contributed by atoms with E-state index >= 15 is 0 Å². The fraction of sp³-hybridized carbons (Fsp3) is 0.571. The van der Waals surface area contributed by atoms with Crippen molar-refractivity contribution in [3.63, 3.8) is 0 Å². The minimum Gasteiger partial charge on any atom is -0.342 e. The summed E-state index contributed by atoms with van der Waals surface area (Å²) in [6, 6.07) is 13.6. The molecule has 3 amide bonds. The Balaban J connectivity index is 1.79. The molecular weight excluding hydrogens is 538 g/mol. The molecule has 232 valence electrons. The second kappa shape index (κ2) is 14.8. The standard InChI is InChI=1S/C35H49N5O3/c1-5-7-17-29-28-16-9-10-18-30(28)40(25-27-15-11-14-24-36-27)33(43)35(37-29,23-8-6-2)39-32(42)34(21-12-13-22-34)38-31(41)20-19-26(3)4/h9-11,14-16,18,24,26H,5-8,12-13,17,19-23,25H2,1-4H3,(H,38,41)(H,39,42). The van der Waals surface area contributed by atoms with Gasteiger partial charge in [0.1, 0.15) is 5.54 Å². The first-order chi connectivity index (χ1) is 20.7. The third kappa shape index (κ3) is 7.70. The average Bonchev–Trinajstić information content (AvgIpc) is 3.46. The summed E-state index contributed by atoms with van der Waals surface area (Å²) < 4.78 is 0. The number of unbranched alkanes of at least 4 members (excludes halogenated alkanes) is 2. The molecule has 43 heavy (non-hydrogen) atoms. The predicted molar refractivity (Wildman–Crippen MR) is 172 cm³/mol. The predicted octanol–water partition coefficient (Wildman–Crippen LogP) is 6.48. The largest absolute Gasteiger partial charge is 0.342 e. The van der Waals surface area contributed by atoms with Crippen LogP contribution in [0.25, 0.3) is 0 Å². The van der Waals surface area contributed by atoms with E-state index < -0.39 is 11.2 Å². The molecule has 2 aliphatic rings. The van der Waals surface area contributed by atoms with E-state index in [1.807, 2.05) is 42.5 Å². The first-order valence-electron chi connectivity index (χ1n) is 16.3. The van der Waals surface area contributed by atoms with Gasteiger partial charge < -0.3 is 15.5 Å². The minimum absolute atomic E-state index is 0.114. The van der Waals surface area contributed by atoms with Gasteiger partial charge in [-0.05, 0) is 62.6 Å². The number of hydrogen-bond acceptors (Lipinski definition) is 5. The number of anilines is 1. The molecule has 2 N–H and O–H groups in total. The third-order valence-corrected chi connectivity index (χ3v) is 8.68. The Morgan fingerprint density at radius 1 is 0.977 bits per heavy atom. The van der Waals surface area contributed by atoms with Gasteiger partial charge in [0.15, 0.2) is 0 Å². The maximum atomic E-state index is 14.9. The van der Waals surface area contributed by atoms with Gasteiger partial charge in [0.25, 0.3) is 5.91 Å². The number of fused-ring (bicyclic) bond motifs is 1. The molecule has 1 aliphatic heterocycles. The molecule has 0 radical (unpaired) electrons. The van der Waals surface area contributed by atoms with Gasteiger partial charge in [-0.1, -0.05) is 77.6 Å². The summed E-state index contributed by atoms with van der Waals surface area (Å²) in [6.07, 6.45) is 10.1. The fourth-order valence-electron chi connectivity index (χ4n) is 6.15. The number of aliphatic imine (C=N–C) groups is 1. The van der Waals surface area contributed by atoms with Crippen molar-refractivity contribution in [2.24, 2.45) is 10.9 Å². The average molecular weight is 588 g/mol. The molecule has 0 spiro atoms. The van der Waals surface area contributed by atoms with Crippen molar-refractivity contribution < 1.29 is 14.4 Å². The Morgan fingerprint density at radius 3 is 2.37 bits per heavy atom. The van der Waals surface area contributed by atoms with Crippen LogP contribution in [0.1, 0.15) is 116 Å². The molecule has 0 saturated heterocycles. The molecule has 0 bridgehead atoms. The molecule has 4 rings (SSSR count). The third-order valence-electron chi connectivity index (χ3n) is 8.68. The van der Waals surface area contributed by atoms with Crippen LogP contribution in [0.3, 0.4) is 0 Å². The molecular formula is C35H49N5O3. The highest BCUT2D eigenvalue weighted by molar-refractivity contribution is 6.15. The normalized spacial score (nSPS) is 19.5. The molecule has 8 nitrogen and oxygen atoms in total. The molecule has 8 heteroatoms. The maximum Gasteiger partial charge on any atom is 0.275 e. The summed E-state index contributed by atoms with van der Waals surface area (Å²) in [6.45, 7) is 8.65. The van der Waals surface area contributed by atoms with Crippen LogP contribution >= 0.6 is 0 Å². The summed E-state index contributed by atoms with van der Waals surface area (Å²) in [5.41, 5.74) is 0.721. The van der Waals surface area contributed by atoms with Crippen LogP contribution in [-0.2, 0) is 20.9 Å². The number of nitrogens with one attached hydrogen (secondary N) is 2. The van der Waals surface area contributed by atoms with E-state index in [0.717, 1.165) is 61.2 Å². The molecule has 1 aromatic carbocycles. The van der Waals surface area contributed by atoms with Gasteiger partial charge in [0, 0.05) is 30.3 Å². The summed E-state index contributed by atoms with van der Waals surface area (Å²) in [4.78, 5) is 53.9. The van der Waals surface area contributed by atoms with Gasteiger partial charge in [-0.25, -0.2) is 0 Å². The van der Waals surface area contributed by atoms with E-state index in [1.54, 1.807) is 11.1 Å². The van der Waals surface area contributed by atoms with E-state index in [4.69, 9.17) is 4.99 Å². The lowest BCUT2D eigenvalue weighted by atomic mass is 9.92. The van der Waals surface area contributed by atoms with Gasteiger partial charge in [-0.3, -0.25) is 24.4 Å². The van der Waals surface area contributed by atoms with Gasteiger partial charge in [0.2, 0.25) is 17.5 Å². The van der Waals surface area contributed by atoms with Gasteiger partial charge >= 0.3 is 0 Å². The van der Waals surface area contributed by atoms with Crippen LogP contribution in [0.15, 0.2) is 53.7 Å². The molecule has 1 aliphatic carbocycles. The zero-order chi connectivity index (χ0) is 30.9. The van der Waals surface area contributed by atoms with Crippen LogP contribution in [0.4, 0.5) is 5.69 Å². The monoisotopic (exact) mass is 587 g/mol. The first kappa shape index (κ1) is 32.4. The molecule has 1 fully saturated rings. The number of hydrogen-bond donors (Lipinski definition) is 2. The number of para-hydroxylation sites is 1. The highest BCUT2D eigenvalue weighted by atomic mass is 16.2. The molecule has 2 aromatic rings. The number of carbonyl (C=O) groups excluding carboxylic acids is 3. The van der Waals surface area contributed by atoms with Crippen molar-refractivity contribution in [1.82, 2.24) is 15.6 Å². The Morgan fingerprint density at radius 2 is 1.70 bits per heavy atom. The number of nitrogens with zero attached hydrogens (tertiary/aromatic N) is 3. The summed E-state index contributed by atoms with van der Waals surface area (Å²) in [7, 11) is 0. The van der Waals surface area contributed by atoms with Crippen molar-refractivity contribution in [2.75, 3.05) is 4.90 Å². The van der Waals surface area contributed by atoms with Gasteiger partial charge in [0.05, 0.1) is 17.9 Å². The zero-order valence-electron chi connectivity index (χ0n) is 26.5. The Hall–Kier alpha value is -3.55. The van der Waals surface area contributed by atoms with Crippen molar-refractivity contribution in [1.29, 1.82) is 0 Å². The van der Waals surface area contributed by atoms with Gasteiger partial charge in [-0.15, -0.1) is 0 Å². The number of rotatable bonds is 14. The van der Waals surface area contributed by atoms with E-state index in [9.17, 15) is 14.4 Å². The van der Waals surface area contributed by atoms with Crippen LogP contribution in [-0.4, -0.2) is 39.6 Å². The summed E-state index contributed by atoms with van der Waals surface area (Å²) in [5, 5.41) is 6.33. The topological polar surface area (TPSA) is 104 Å².